The van der Waals surface area contributed by atoms with Gasteiger partial charge in [0.2, 0.25) is 11.6 Å². The molecule has 3 rings (SSSR count). The van der Waals surface area contributed by atoms with Crippen molar-refractivity contribution >= 4 is 0 Å². The van der Waals surface area contributed by atoms with E-state index >= 15 is 0 Å². The Morgan fingerprint density at radius 1 is 0.944 bits per heavy atom. The maximum atomic E-state index is 5.47. The minimum absolute atomic E-state index is 0.262. The Hall–Kier alpha value is -2.84. The van der Waals surface area contributed by atoms with Gasteiger partial charge < -0.3 is 4.74 Å². The number of aromatic amines is 2. The van der Waals surface area contributed by atoms with Gasteiger partial charge in [-0.25, -0.2) is 0 Å². The summed E-state index contributed by atoms with van der Waals surface area (Å²) in [5, 5.41) is 27.0. The van der Waals surface area contributed by atoms with Crippen LogP contribution in [0.1, 0.15) is 5.82 Å². The molecule has 0 atom stereocenters. The predicted octanol–water partition coefficient (Wildman–Crippen LogP) is -0.0412. The Morgan fingerprint density at radius 2 is 1.72 bits per heavy atom. The number of tetrazole rings is 2. The van der Waals surface area contributed by atoms with Crippen LogP contribution in [0.25, 0.3) is 11.4 Å². The number of ether oxygens (including phenoxy) is 1. The Bertz CT molecular complexity index is 588. The molecule has 0 fully saturated rings. The van der Waals surface area contributed by atoms with Crippen LogP contribution in [0.15, 0.2) is 24.3 Å². The van der Waals surface area contributed by atoms with Crippen molar-refractivity contribution in [2.45, 2.75) is 6.61 Å². The van der Waals surface area contributed by atoms with Gasteiger partial charge in [-0.1, -0.05) is 5.21 Å². The molecule has 9 heteroatoms. The minimum atomic E-state index is 0.262. The lowest BCUT2D eigenvalue weighted by molar-refractivity contribution is 0.296. The van der Waals surface area contributed by atoms with Crippen molar-refractivity contribution < 1.29 is 4.74 Å². The molecule has 0 unspecified atom stereocenters. The molecule has 2 heterocycles. The van der Waals surface area contributed by atoms with Crippen molar-refractivity contribution in [3.63, 3.8) is 0 Å². The molecule has 2 aromatic heterocycles. The lowest BCUT2D eigenvalue weighted by Crippen LogP contribution is -1.97. The Kier molecular flexibility index (Phi) is 2.62. The monoisotopic (exact) mass is 244 g/mol. The van der Waals surface area contributed by atoms with Crippen LogP contribution in [-0.4, -0.2) is 41.2 Å². The summed E-state index contributed by atoms with van der Waals surface area (Å²) < 4.78 is 5.47. The zero-order chi connectivity index (χ0) is 12.2. The quantitative estimate of drug-likeness (QED) is 0.660. The van der Waals surface area contributed by atoms with E-state index in [1.807, 2.05) is 24.3 Å². The van der Waals surface area contributed by atoms with E-state index in [1.165, 1.54) is 0 Å². The van der Waals surface area contributed by atoms with Gasteiger partial charge in [-0.2, -0.15) is 10.4 Å². The number of hydrogen-bond acceptors (Lipinski definition) is 7. The Labute approximate surface area is 101 Å². The molecule has 0 aliphatic carbocycles. The molecular formula is C9H8N8O. The summed E-state index contributed by atoms with van der Waals surface area (Å²) in [7, 11) is 0. The standard InChI is InChI=1S/C9H8N8O/c1-3-7(18-5-8-10-14-15-11-8)4-2-6(1)9-12-16-17-13-9/h1-4H,5H2,(H,10,11,14,15)(H,12,13,16,17). The van der Waals surface area contributed by atoms with Gasteiger partial charge in [0, 0.05) is 5.56 Å². The molecule has 0 radical (unpaired) electrons. The van der Waals surface area contributed by atoms with Crippen LogP contribution in [0.2, 0.25) is 0 Å². The van der Waals surface area contributed by atoms with Crippen molar-refractivity contribution in [1.82, 2.24) is 41.2 Å². The number of aromatic nitrogens is 8. The van der Waals surface area contributed by atoms with Gasteiger partial charge in [0.05, 0.1) is 0 Å². The number of rotatable bonds is 4. The third-order valence-corrected chi connectivity index (χ3v) is 2.22. The molecule has 3 aromatic rings. The van der Waals surface area contributed by atoms with E-state index in [0.717, 1.165) is 5.56 Å². The second kappa shape index (κ2) is 4.57. The number of nitrogens with zero attached hydrogens (tertiary/aromatic N) is 6. The SMILES string of the molecule is c1cc(-c2nn[nH]n2)ccc1OCc1nn[nH]n1. The van der Waals surface area contributed by atoms with E-state index < -0.39 is 0 Å². The summed E-state index contributed by atoms with van der Waals surface area (Å²) in [5.41, 5.74) is 0.857. The molecule has 0 aliphatic rings. The van der Waals surface area contributed by atoms with E-state index in [-0.39, 0.29) is 6.61 Å². The fourth-order valence-corrected chi connectivity index (χ4v) is 1.38. The summed E-state index contributed by atoms with van der Waals surface area (Å²) in [6.07, 6.45) is 0. The minimum Gasteiger partial charge on any atom is -0.485 e. The summed E-state index contributed by atoms with van der Waals surface area (Å²) in [4.78, 5) is 0. The van der Waals surface area contributed by atoms with Gasteiger partial charge in [-0.05, 0) is 29.5 Å². The predicted molar refractivity (Wildman–Crippen MR) is 58.1 cm³/mol. The van der Waals surface area contributed by atoms with E-state index in [9.17, 15) is 0 Å². The highest BCUT2D eigenvalue weighted by Crippen LogP contribution is 2.18. The molecule has 0 saturated carbocycles. The molecule has 90 valence electrons. The van der Waals surface area contributed by atoms with Gasteiger partial charge in [-0.3, -0.25) is 0 Å². The first-order chi connectivity index (χ1) is 8.92. The average molecular weight is 244 g/mol. The van der Waals surface area contributed by atoms with Crippen LogP contribution in [0.3, 0.4) is 0 Å². The van der Waals surface area contributed by atoms with Crippen molar-refractivity contribution in [2.75, 3.05) is 0 Å². The summed E-state index contributed by atoms with van der Waals surface area (Å²) in [6, 6.07) is 7.31. The van der Waals surface area contributed by atoms with Crippen LogP contribution >= 0.6 is 0 Å². The second-order valence-electron chi connectivity index (χ2n) is 3.38. The van der Waals surface area contributed by atoms with Crippen molar-refractivity contribution in [3.05, 3.63) is 30.1 Å². The van der Waals surface area contributed by atoms with Gasteiger partial charge in [0.1, 0.15) is 5.75 Å². The van der Waals surface area contributed by atoms with Gasteiger partial charge >= 0.3 is 0 Å². The number of benzene rings is 1. The first-order valence-corrected chi connectivity index (χ1v) is 5.11. The number of nitrogens with one attached hydrogen (secondary N) is 2. The number of hydrogen-bond donors (Lipinski definition) is 2. The molecule has 0 spiro atoms. The zero-order valence-electron chi connectivity index (χ0n) is 9.11. The van der Waals surface area contributed by atoms with Crippen LogP contribution < -0.4 is 4.74 Å². The largest absolute Gasteiger partial charge is 0.485 e. The molecule has 1 aromatic carbocycles. The highest BCUT2D eigenvalue weighted by molar-refractivity contribution is 5.54. The first kappa shape index (κ1) is 10.3. The molecule has 0 saturated heterocycles. The molecule has 9 nitrogen and oxygen atoms in total. The van der Waals surface area contributed by atoms with Crippen molar-refractivity contribution in [3.8, 4) is 17.1 Å². The maximum absolute atomic E-state index is 5.47. The smallest absolute Gasteiger partial charge is 0.211 e. The van der Waals surface area contributed by atoms with Crippen LogP contribution in [0.4, 0.5) is 0 Å². The molecule has 2 N–H and O–H groups in total. The van der Waals surface area contributed by atoms with E-state index in [1.54, 1.807) is 0 Å². The molecular weight excluding hydrogens is 236 g/mol. The van der Waals surface area contributed by atoms with Crippen LogP contribution in [0, 0.1) is 0 Å². The van der Waals surface area contributed by atoms with Crippen LogP contribution in [0.5, 0.6) is 5.75 Å². The van der Waals surface area contributed by atoms with E-state index in [0.29, 0.717) is 17.4 Å². The summed E-state index contributed by atoms with van der Waals surface area (Å²) in [6.45, 7) is 0.262. The molecule has 0 amide bonds. The van der Waals surface area contributed by atoms with Crippen LogP contribution in [-0.2, 0) is 6.61 Å². The van der Waals surface area contributed by atoms with Gasteiger partial charge in [0.15, 0.2) is 6.61 Å². The zero-order valence-corrected chi connectivity index (χ0v) is 9.11. The summed E-state index contributed by atoms with van der Waals surface area (Å²) in [5.74, 6) is 1.74. The Balaban J connectivity index is 1.68. The molecule has 0 aliphatic heterocycles. The van der Waals surface area contributed by atoms with Crippen molar-refractivity contribution in [2.24, 2.45) is 0 Å². The first-order valence-electron chi connectivity index (χ1n) is 5.11. The van der Waals surface area contributed by atoms with E-state index in [2.05, 4.69) is 41.2 Å². The summed E-state index contributed by atoms with van der Waals surface area (Å²) >= 11 is 0. The average Bonchev–Trinajstić information content (AvgIpc) is 3.10. The van der Waals surface area contributed by atoms with Gasteiger partial charge in [0.25, 0.3) is 0 Å². The second-order valence-corrected chi connectivity index (χ2v) is 3.38. The lowest BCUT2D eigenvalue weighted by Gasteiger charge is -2.03. The third-order valence-electron chi connectivity index (χ3n) is 2.22. The fourth-order valence-electron chi connectivity index (χ4n) is 1.38. The highest BCUT2D eigenvalue weighted by atomic mass is 16.5. The lowest BCUT2D eigenvalue weighted by atomic mass is 10.2. The van der Waals surface area contributed by atoms with Crippen molar-refractivity contribution in [1.29, 1.82) is 0 Å². The van der Waals surface area contributed by atoms with E-state index in [4.69, 9.17) is 4.74 Å². The third kappa shape index (κ3) is 2.14. The Morgan fingerprint density at radius 3 is 2.39 bits per heavy atom. The molecule has 0 bridgehead atoms. The topological polar surface area (TPSA) is 118 Å². The highest BCUT2D eigenvalue weighted by Gasteiger charge is 2.03. The normalized spacial score (nSPS) is 10.4. The molecule has 18 heavy (non-hydrogen) atoms. The fraction of sp³-hybridized carbons (Fsp3) is 0.111. The maximum Gasteiger partial charge on any atom is 0.211 e. The number of H-pyrrole nitrogens is 2. The van der Waals surface area contributed by atoms with Gasteiger partial charge in [-0.15, -0.1) is 20.4 Å².